The average molecular weight is 250 g/mol. The van der Waals surface area contributed by atoms with Gasteiger partial charge in [0.2, 0.25) is 0 Å². The molecule has 0 atom stereocenters. The number of anilines is 1. The van der Waals surface area contributed by atoms with Crippen molar-refractivity contribution in [1.82, 2.24) is 0 Å². The standard InChI is InChI=1S/C14H16ClNO/c15-12-6-8-13(9-7-12)16-10-11-4-2-1-3-5-14(11)17/h6-10,16H,1-5H2. The van der Waals surface area contributed by atoms with Crippen LogP contribution in [0.2, 0.25) is 5.02 Å². The summed E-state index contributed by atoms with van der Waals surface area (Å²) in [6, 6.07) is 7.47. The molecule has 2 nitrogen and oxygen atoms in total. The van der Waals surface area contributed by atoms with Crippen molar-refractivity contribution in [3.05, 3.63) is 41.1 Å². The highest BCUT2D eigenvalue weighted by Gasteiger charge is 2.12. The Kier molecular flexibility index (Phi) is 4.21. The van der Waals surface area contributed by atoms with Crippen molar-refractivity contribution >= 4 is 23.1 Å². The summed E-state index contributed by atoms with van der Waals surface area (Å²) in [4.78, 5) is 11.8. The van der Waals surface area contributed by atoms with E-state index >= 15 is 0 Å². The minimum Gasteiger partial charge on any atom is -0.361 e. The Morgan fingerprint density at radius 1 is 1.06 bits per heavy atom. The fraction of sp³-hybridized carbons (Fsp3) is 0.357. The highest BCUT2D eigenvalue weighted by atomic mass is 35.5. The molecular formula is C14H16ClNO. The first kappa shape index (κ1) is 12.2. The molecule has 1 aromatic rings. The number of halogens is 1. The highest BCUT2D eigenvalue weighted by molar-refractivity contribution is 6.30. The summed E-state index contributed by atoms with van der Waals surface area (Å²) in [5.74, 6) is 0.281. The third kappa shape index (κ3) is 3.60. The summed E-state index contributed by atoms with van der Waals surface area (Å²) < 4.78 is 0. The van der Waals surface area contributed by atoms with Crippen LogP contribution in [-0.2, 0) is 4.79 Å². The molecule has 1 fully saturated rings. The summed E-state index contributed by atoms with van der Waals surface area (Å²) >= 11 is 5.81. The van der Waals surface area contributed by atoms with E-state index in [1.807, 2.05) is 30.5 Å². The topological polar surface area (TPSA) is 29.1 Å². The second-order valence-corrected chi connectivity index (χ2v) is 4.74. The van der Waals surface area contributed by atoms with Gasteiger partial charge in [0.25, 0.3) is 0 Å². The van der Waals surface area contributed by atoms with E-state index in [9.17, 15) is 4.79 Å². The molecule has 90 valence electrons. The van der Waals surface area contributed by atoms with Gasteiger partial charge in [0.1, 0.15) is 0 Å². The first-order valence-corrected chi connectivity index (χ1v) is 6.38. The fourth-order valence-corrected chi connectivity index (χ4v) is 2.07. The first-order chi connectivity index (χ1) is 8.25. The van der Waals surface area contributed by atoms with Crippen LogP contribution in [0.4, 0.5) is 5.69 Å². The molecule has 1 aliphatic rings. The van der Waals surface area contributed by atoms with E-state index in [1.165, 1.54) is 0 Å². The average Bonchev–Trinajstić information content (AvgIpc) is 2.54. The third-order valence-electron chi connectivity index (χ3n) is 2.97. The Morgan fingerprint density at radius 3 is 2.53 bits per heavy atom. The van der Waals surface area contributed by atoms with Crippen LogP contribution >= 0.6 is 11.6 Å². The van der Waals surface area contributed by atoms with E-state index in [2.05, 4.69) is 5.32 Å². The van der Waals surface area contributed by atoms with Gasteiger partial charge in [0.05, 0.1) is 0 Å². The van der Waals surface area contributed by atoms with E-state index in [0.29, 0.717) is 11.4 Å². The van der Waals surface area contributed by atoms with E-state index < -0.39 is 0 Å². The van der Waals surface area contributed by atoms with E-state index in [0.717, 1.165) is 36.9 Å². The summed E-state index contributed by atoms with van der Waals surface area (Å²) in [5, 5.41) is 3.87. The number of carbonyl (C=O) groups excluding carboxylic acids is 1. The number of nitrogens with one attached hydrogen (secondary N) is 1. The number of hydrogen-bond donors (Lipinski definition) is 1. The molecule has 0 radical (unpaired) electrons. The SMILES string of the molecule is O=C1CCCCCC1=CNc1ccc(Cl)cc1. The molecular weight excluding hydrogens is 234 g/mol. The lowest BCUT2D eigenvalue weighted by Gasteiger charge is -2.04. The van der Waals surface area contributed by atoms with Crippen LogP contribution in [0, 0.1) is 0 Å². The Morgan fingerprint density at radius 2 is 1.76 bits per heavy atom. The molecule has 0 unspecified atom stereocenters. The lowest BCUT2D eigenvalue weighted by Crippen LogP contribution is -2.02. The Labute approximate surface area is 107 Å². The Bertz CT molecular complexity index is 422. The van der Waals surface area contributed by atoms with E-state index in [1.54, 1.807) is 0 Å². The molecule has 17 heavy (non-hydrogen) atoms. The van der Waals surface area contributed by atoms with Crippen molar-refractivity contribution in [2.75, 3.05) is 5.32 Å². The predicted molar refractivity (Wildman–Crippen MR) is 71.2 cm³/mol. The van der Waals surface area contributed by atoms with Gasteiger partial charge in [-0.3, -0.25) is 4.79 Å². The number of carbonyl (C=O) groups is 1. The molecule has 0 bridgehead atoms. The number of ketones is 1. The second-order valence-electron chi connectivity index (χ2n) is 4.30. The Hall–Kier alpha value is -1.28. The molecule has 1 saturated carbocycles. The summed E-state index contributed by atoms with van der Waals surface area (Å²) in [6.07, 6.45) is 6.71. The molecule has 1 aliphatic carbocycles. The zero-order valence-corrected chi connectivity index (χ0v) is 10.5. The maximum absolute atomic E-state index is 11.8. The Balaban J connectivity index is 2.03. The maximum Gasteiger partial charge on any atom is 0.160 e. The van der Waals surface area contributed by atoms with Gasteiger partial charge in [0, 0.05) is 28.9 Å². The molecule has 1 aromatic carbocycles. The number of benzene rings is 1. The van der Waals surface area contributed by atoms with Crippen LogP contribution in [-0.4, -0.2) is 5.78 Å². The van der Waals surface area contributed by atoms with Crippen LogP contribution in [0.3, 0.4) is 0 Å². The summed E-state index contributed by atoms with van der Waals surface area (Å²) in [7, 11) is 0. The maximum atomic E-state index is 11.8. The van der Waals surface area contributed by atoms with Crippen molar-refractivity contribution in [1.29, 1.82) is 0 Å². The highest BCUT2D eigenvalue weighted by Crippen LogP contribution is 2.20. The number of allylic oxidation sites excluding steroid dienone is 1. The van der Waals surface area contributed by atoms with Crippen molar-refractivity contribution in [3.8, 4) is 0 Å². The monoisotopic (exact) mass is 249 g/mol. The fourth-order valence-electron chi connectivity index (χ4n) is 1.95. The van der Waals surface area contributed by atoms with Crippen molar-refractivity contribution in [2.24, 2.45) is 0 Å². The molecule has 0 heterocycles. The van der Waals surface area contributed by atoms with Crippen LogP contribution in [0.5, 0.6) is 0 Å². The van der Waals surface area contributed by atoms with Gasteiger partial charge >= 0.3 is 0 Å². The summed E-state index contributed by atoms with van der Waals surface area (Å²) in [6.45, 7) is 0. The number of Topliss-reactive ketones (excluding diaryl/α,β-unsaturated/α-hetero) is 1. The predicted octanol–water partition coefficient (Wildman–Crippen LogP) is 4.17. The van der Waals surface area contributed by atoms with E-state index in [-0.39, 0.29) is 5.78 Å². The quantitative estimate of drug-likeness (QED) is 0.630. The normalized spacial score (nSPS) is 19.1. The second kappa shape index (κ2) is 5.87. The molecule has 1 N–H and O–H groups in total. The molecule has 0 saturated heterocycles. The van der Waals surface area contributed by atoms with Gasteiger partial charge in [-0.1, -0.05) is 18.0 Å². The molecule has 0 amide bonds. The van der Waals surface area contributed by atoms with Gasteiger partial charge in [-0.25, -0.2) is 0 Å². The van der Waals surface area contributed by atoms with Gasteiger partial charge in [-0.05, 0) is 43.5 Å². The van der Waals surface area contributed by atoms with Gasteiger partial charge in [0.15, 0.2) is 5.78 Å². The zero-order valence-electron chi connectivity index (χ0n) is 9.71. The van der Waals surface area contributed by atoms with E-state index in [4.69, 9.17) is 11.6 Å². The number of hydrogen-bond acceptors (Lipinski definition) is 2. The molecule has 3 heteroatoms. The van der Waals surface area contributed by atoms with Crippen LogP contribution in [0.15, 0.2) is 36.0 Å². The van der Waals surface area contributed by atoms with Crippen molar-refractivity contribution in [3.63, 3.8) is 0 Å². The lowest BCUT2D eigenvalue weighted by atomic mass is 10.1. The molecule has 0 spiro atoms. The molecule has 0 aliphatic heterocycles. The van der Waals surface area contributed by atoms with Crippen LogP contribution < -0.4 is 5.32 Å². The van der Waals surface area contributed by atoms with Gasteiger partial charge < -0.3 is 5.32 Å². The van der Waals surface area contributed by atoms with Gasteiger partial charge in [-0.2, -0.15) is 0 Å². The summed E-state index contributed by atoms with van der Waals surface area (Å²) in [5.41, 5.74) is 1.87. The van der Waals surface area contributed by atoms with Crippen LogP contribution in [0.1, 0.15) is 32.1 Å². The third-order valence-corrected chi connectivity index (χ3v) is 3.22. The number of rotatable bonds is 2. The smallest absolute Gasteiger partial charge is 0.160 e. The largest absolute Gasteiger partial charge is 0.361 e. The zero-order chi connectivity index (χ0) is 12.1. The van der Waals surface area contributed by atoms with Crippen LogP contribution in [0.25, 0.3) is 0 Å². The molecule has 0 aromatic heterocycles. The van der Waals surface area contributed by atoms with Crippen molar-refractivity contribution in [2.45, 2.75) is 32.1 Å². The lowest BCUT2D eigenvalue weighted by molar-refractivity contribution is -0.115. The van der Waals surface area contributed by atoms with Gasteiger partial charge in [-0.15, -0.1) is 0 Å². The minimum absolute atomic E-state index is 0.281. The van der Waals surface area contributed by atoms with Crippen molar-refractivity contribution < 1.29 is 4.79 Å². The minimum atomic E-state index is 0.281. The molecule has 2 rings (SSSR count). The first-order valence-electron chi connectivity index (χ1n) is 6.00.